The highest BCUT2D eigenvalue weighted by Gasteiger charge is 2.26. The number of nitrogens with zero attached hydrogens (tertiary/aromatic N) is 2. The second kappa shape index (κ2) is 6.13. The molecule has 1 unspecified atom stereocenters. The van der Waals surface area contributed by atoms with E-state index in [2.05, 4.69) is 15.3 Å². The van der Waals surface area contributed by atoms with Crippen molar-refractivity contribution in [1.82, 2.24) is 9.97 Å². The zero-order valence-electron chi connectivity index (χ0n) is 11.5. The highest BCUT2D eigenvalue weighted by molar-refractivity contribution is 6.31. The van der Waals surface area contributed by atoms with Crippen LogP contribution in [0.3, 0.4) is 0 Å². The van der Waals surface area contributed by atoms with Crippen LogP contribution < -0.4 is 5.32 Å². The molecule has 2 aromatic rings. The van der Waals surface area contributed by atoms with Gasteiger partial charge in [0.2, 0.25) is 5.28 Å². The van der Waals surface area contributed by atoms with Crippen LogP contribution in [-0.2, 0) is 5.60 Å². The Hall–Kier alpha value is -1.43. The molecular weight excluding hydrogens is 316 g/mol. The molecule has 1 aromatic carbocycles. The predicted molar refractivity (Wildman–Crippen MR) is 81.6 cm³/mol. The van der Waals surface area contributed by atoms with E-state index >= 15 is 0 Å². The van der Waals surface area contributed by atoms with Crippen molar-refractivity contribution in [1.29, 1.82) is 0 Å². The fourth-order valence-electron chi connectivity index (χ4n) is 1.83. The van der Waals surface area contributed by atoms with E-state index in [4.69, 9.17) is 23.2 Å². The minimum atomic E-state index is -1.20. The molecule has 21 heavy (non-hydrogen) atoms. The molecule has 0 aliphatic heterocycles. The molecule has 0 aliphatic carbocycles. The third-order valence-electron chi connectivity index (χ3n) is 3.22. The lowest BCUT2D eigenvalue weighted by molar-refractivity contribution is 0.0535. The van der Waals surface area contributed by atoms with Crippen molar-refractivity contribution in [3.63, 3.8) is 0 Å². The van der Waals surface area contributed by atoms with E-state index in [0.717, 1.165) is 0 Å². The van der Waals surface area contributed by atoms with Gasteiger partial charge in [-0.2, -0.15) is 0 Å². The molecule has 0 aliphatic rings. The molecule has 0 radical (unpaired) electrons. The van der Waals surface area contributed by atoms with Crippen molar-refractivity contribution in [2.45, 2.75) is 25.9 Å². The molecule has 0 bridgehead atoms. The molecule has 1 heterocycles. The normalized spacial score (nSPS) is 13.8. The molecule has 7 heteroatoms. The maximum atomic E-state index is 13.7. The Morgan fingerprint density at radius 2 is 2.10 bits per heavy atom. The lowest BCUT2D eigenvalue weighted by atomic mass is 9.91. The second-order valence-electron chi connectivity index (χ2n) is 4.78. The minimum absolute atomic E-state index is 0.0479. The van der Waals surface area contributed by atoms with E-state index in [1.54, 1.807) is 19.9 Å². The third kappa shape index (κ3) is 3.61. The van der Waals surface area contributed by atoms with Crippen LogP contribution >= 0.6 is 23.2 Å². The number of nitrogens with one attached hydrogen (secondary N) is 1. The molecule has 4 nitrogen and oxygen atoms in total. The maximum Gasteiger partial charge on any atom is 0.224 e. The molecular formula is C14H14Cl2FN3O. The number of hydrogen-bond donors (Lipinski definition) is 2. The topological polar surface area (TPSA) is 58.0 Å². The van der Waals surface area contributed by atoms with E-state index < -0.39 is 11.4 Å². The first-order valence-corrected chi connectivity index (χ1v) is 7.06. The van der Waals surface area contributed by atoms with Gasteiger partial charge in [-0.15, -0.1) is 0 Å². The molecule has 1 aromatic heterocycles. The van der Waals surface area contributed by atoms with Gasteiger partial charge in [-0.1, -0.05) is 18.5 Å². The summed E-state index contributed by atoms with van der Waals surface area (Å²) in [4.78, 5) is 7.77. The standard InChI is InChI=1S/C14H14Cl2FN3O/c1-3-14(2,21)8-6-10(17)9(15)7-11(8)19-12-4-5-18-13(16)20-12/h4-7,21H,3H2,1-2H3,(H,18,19,20). The summed E-state index contributed by atoms with van der Waals surface area (Å²) in [5, 5.41) is 13.4. The average Bonchev–Trinajstić information content (AvgIpc) is 2.42. The number of anilines is 2. The first-order valence-electron chi connectivity index (χ1n) is 6.31. The number of rotatable bonds is 4. The predicted octanol–water partition coefficient (Wildman–Crippen LogP) is 4.28. The van der Waals surface area contributed by atoms with Crippen LogP contribution in [-0.4, -0.2) is 15.1 Å². The van der Waals surface area contributed by atoms with Crippen LogP contribution in [0.25, 0.3) is 0 Å². The van der Waals surface area contributed by atoms with Gasteiger partial charge in [0.05, 0.1) is 10.6 Å². The summed E-state index contributed by atoms with van der Waals surface area (Å²) < 4.78 is 13.7. The molecule has 1 atom stereocenters. The molecule has 2 N–H and O–H groups in total. The van der Waals surface area contributed by atoms with Crippen LogP contribution in [0.5, 0.6) is 0 Å². The number of hydrogen-bond acceptors (Lipinski definition) is 4. The molecule has 0 saturated carbocycles. The van der Waals surface area contributed by atoms with Gasteiger partial charge < -0.3 is 10.4 Å². The Balaban J connectivity index is 2.49. The average molecular weight is 330 g/mol. The molecule has 0 fully saturated rings. The summed E-state index contributed by atoms with van der Waals surface area (Å²) >= 11 is 11.5. The Bertz CT molecular complexity index is 665. The first-order chi connectivity index (χ1) is 9.83. The van der Waals surface area contributed by atoms with E-state index in [-0.39, 0.29) is 10.3 Å². The van der Waals surface area contributed by atoms with E-state index in [9.17, 15) is 9.50 Å². The highest BCUT2D eigenvalue weighted by atomic mass is 35.5. The summed E-state index contributed by atoms with van der Waals surface area (Å²) in [6, 6.07) is 4.23. The summed E-state index contributed by atoms with van der Waals surface area (Å²) in [7, 11) is 0. The quantitative estimate of drug-likeness (QED) is 0.822. The highest BCUT2D eigenvalue weighted by Crippen LogP contribution is 2.35. The Kier molecular flexibility index (Phi) is 4.66. The van der Waals surface area contributed by atoms with Gasteiger partial charge in [0, 0.05) is 17.4 Å². The van der Waals surface area contributed by atoms with Crippen molar-refractivity contribution in [3.05, 3.63) is 46.1 Å². The fraction of sp³-hybridized carbons (Fsp3) is 0.286. The fourth-order valence-corrected chi connectivity index (χ4v) is 2.14. The number of aromatic nitrogens is 2. The Labute approximate surface area is 132 Å². The Morgan fingerprint density at radius 1 is 1.38 bits per heavy atom. The molecule has 112 valence electrons. The first kappa shape index (κ1) is 15.9. The lowest BCUT2D eigenvalue weighted by Gasteiger charge is -2.25. The third-order valence-corrected chi connectivity index (χ3v) is 3.69. The summed E-state index contributed by atoms with van der Waals surface area (Å²) in [5.74, 6) is -0.169. The maximum absolute atomic E-state index is 13.7. The smallest absolute Gasteiger partial charge is 0.224 e. The van der Waals surface area contributed by atoms with Crippen molar-refractivity contribution in [2.24, 2.45) is 0 Å². The van der Waals surface area contributed by atoms with E-state index in [0.29, 0.717) is 23.5 Å². The molecule has 0 spiro atoms. The Morgan fingerprint density at radius 3 is 2.71 bits per heavy atom. The van der Waals surface area contributed by atoms with Crippen molar-refractivity contribution < 1.29 is 9.50 Å². The van der Waals surface area contributed by atoms with Gasteiger partial charge in [-0.25, -0.2) is 14.4 Å². The minimum Gasteiger partial charge on any atom is -0.385 e. The van der Waals surface area contributed by atoms with E-state index in [1.807, 2.05) is 0 Å². The molecule has 0 saturated heterocycles. The summed E-state index contributed by atoms with van der Waals surface area (Å²) in [6.07, 6.45) is 1.90. The number of halogens is 3. The van der Waals surface area contributed by atoms with Crippen LogP contribution in [0.1, 0.15) is 25.8 Å². The van der Waals surface area contributed by atoms with Gasteiger partial charge in [0.1, 0.15) is 11.6 Å². The van der Waals surface area contributed by atoms with Crippen LogP contribution in [0.15, 0.2) is 24.4 Å². The molecule has 2 rings (SSSR count). The van der Waals surface area contributed by atoms with Gasteiger partial charge in [-0.3, -0.25) is 0 Å². The van der Waals surface area contributed by atoms with Gasteiger partial charge >= 0.3 is 0 Å². The largest absolute Gasteiger partial charge is 0.385 e. The van der Waals surface area contributed by atoms with Crippen molar-refractivity contribution in [3.8, 4) is 0 Å². The molecule has 0 amide bonds. The number of aliphatic hydroxyl groups is 1. The van der Waals surface area contributed by atoms with Gasteiger partial charge in [-0.05, 0) is 43.1 Å². The lowest BCUT2D eigenvalue weighted by Crippen LogP contribution is -2.21. The van der Waals surface area contributed by atoms with Crippen LogP contribution in [0.2, 0.25) is 10.3 Å². The van der Waals surface area contributed by atoms with E-state index in [1.165, 1.54) is 18.3 Å². The second-order valence-corrected chi connectivity index (χ2v) is 5.52. The monoisotopic (exact) mass is 329 g/mol. The number of benzene rings is 1. The van der Waals surface area contributed by atoms with Gasteiger partial charge in [0.15, 0.2) is 0 Å². The zero-order valence-corrected chi connectivity index (χ0v) is 13.0. The van der Waals surface area contributed by atoms with Crippen molar-refractivity contribution in [2.75, 3.05) is 5.32 Å². The van der Waals surface area contributed by atoms with Crippen molar-refractivity contribution >= 4 is 34.7 Å². The zero-order chi connectivity index (χ0) is 15.6. The SMILES string of the molecule is CCC(C)(O)c1cc(F)c(Cl)cc1Nc1ccnc(Cl)n1. The van der Waals surface area contributed by atoms with Crippen LogP contribution in [0, 0.1) is 5.82 Å². The summed E-state index contributed by atoms with van der Waals surface area (Å²) in [5.41, 5.74) is -0.352. The van der Waals surface area contributed by atoms with Crippen LogP contribution in [0.4, 0.5) is 15.9 Å². The van der Waals surface area contributed by atoms with Gasteiger partial charge in [0.25, 0.3) is 0 Å². The summed E-state index contributed by atoms with van der Waals surface area (Å²) in [6.45, 7) is 3.41.